The fourth-order valence-electron chi connectivity index (χ4n) is 2.56. The first-order chi connectivity index (χ1) is 10.7. The summed E-state index contributed by atoms with van der Waals surface area (Å²) in [5.74, 6) is 0.437. The normalized spacial score (nSPS) is 14.4. The molecule has 0 atom stereocenters. The summed E-state index contributed by atoms with van der Waals surface area (Å²) in [6.45, 7) is 2.11. The largest absolute Gasteiger partial charge is 0.460 e. The van der Waals surface area contributed by atoms with Gasteiger partial charge in [0.15, 0.2) is 0 Å². The summed E-state index contributed by atoms with van der Waals surface area (Å²) >= 11 is 0. The standard InChI is InChI=1S/C17H16N2O3/c1-2-21-17(20)16-8-12-7-13(5-6-15(12)22-16)19-9-14(18-10-19)11-3-4-11/h5-11H,2-4H2,1H3. The van der Waals surface area contributed by atoms with Crippen LogP contribution in [-0.4, -0.2) is 22.1 Å². The molecule has 5 nitrogen and oxygen atoms in total. The minimum atomic E-state index is -0.432. The maximum atomic E-state index is 11.7. The lowest BCUT2D eigenvalue weighted by atomic mass is 10.2. The third-order valence-electron chi connectivity index (χ3n) is 3.87. The van der Waals surface area contributed by atoms with Gasteiger partial charge in [-0.1, -0.05) is 0 Å². The maximum Gasteiger partial charge on any atom is 0.374 e. The zero-order valence-corrected chi connectivity index (χ0v) is 12.3. The molecule has 1 aliphatic rings. The molecule has 1 aromatic carbocycles. The Labute approximate surface area is 127 Å². The Hall–Kier alpha value is -2.56. The molecule has 1 saturated carbocycles. The fourth-order valence-corrected chi connectivity index (χ4v) is 2.56. The Morgan fingerprint density at radius 3 is 3.05 bits per heavy atom. The van der Waals surface area contributed by atoms with Gasteiger partial charge in [-0.25, -0.2) is 9.78 Å². The number of nitrogens with zero attached hydrogens (tertiary/aromatic N) is 2. The molecule has 3 aromatic rings. The molecule has 0 unspecified atom stereocenters. The predicted molar refractivity (Wildman–Crippen MR) is 81.3 cm³/mol. The number of imidazole rings is 1. The number of carbonyl (C=O) groups excluding carboxylic acids is 1. The zero-order valence-electron chi connectivity index (χ0n) is 12.3. The number of esters is 1. The lowest BCUT2D eigenvalue weighted by Crippen LogP contribution is -2.02. The van der Waals surface area contributed by atoms with Gasteiger partial charge in [-0.3, -0.25) is 0 Å². The first kappa shape index (κ1) is 13.1. The molecule has 0 amide bonds. The lowest BCUT2D eigenvalue weighted by Gasteiger charge is -2.00. The number of ether oxygens (including phenoxy) is 1. The van der Waals surface area contributed by atoms with E-state index >= 15 is 0 Å². The monoisotopic (exact) mass is 296 g/mol. The number of aromatic nitrogens is 2. The van der Waals surface area contributed by atoms with E-state index in [1.54, 1.807) is 13.0 Å². The first-order valence-electron chi connectivity index (χ1n) is 7.49. The number of benzene rings is 1. The van der Waals surface area contributed by atoms with E-state index in [1.165, 1.54) is 12.8 Å². The zero-order chi connectivity index (χ0) is 15.1. The van der Waals surface area contributed by atoms with Gasteiger partial charge in [0.2, 0.25) is 5.76 Å². The van der Waals surface area contributed by atoms with Gasteiger partial charge in [0.1, 0.15) is 5.58 Å². The minimum Gasteiger partial charge on any atom is -0.460 e. The number of rotatable bonds is 4. The molecule has 0 saturated heterocycles. The van der Waals surface area contributed by atoms with Crippen molar-refractivity contribution in [1.82, 2.24) is 9.55 Å². The molecule has 2 heterocycles. The molecule has 2 aromatic heterocycles. The van der Waals surface area contributed by atoms with Crippen LogP contribution in [0.25, 0.3) is 16.7 Å². The number of hydrogen-bond donors (Lipinski definition) is 0. The van der Waals surface area contributed by atoms with Crippen molar-refractivity contribution in [3.8, 4) is 5.69 Å². The molecule has 0 spiro atoms. The summed E-state index contributed by atoms with van der Waals surface area (Å²) in [6, 6.07) is 7.53. The average molecular weight is 296 g/mol. The number of hydrogen-bond acceptors (Lipinski definition) is 4. The minimum absolute atomic E-state index is 0.235. The molecule has 22 heavy (non-hydrogen) atoms. The average Bonchev–Trinajstić information content (AvgIpc) is 3.10. The van der Waals surface area contributed by atoms with Crippen LogP contribution in [0.1, 0.15) is 41.9 Å². The molecule has 1 aliphatic carbocycles. The van der Waals surface area contributed by atoms with Crippen molar-refractivity contribution in [2.45, 2.75) is 25.7 Å². The van der Waals surface area contributed by atoms with Gasteiger partial charge in [0, 0.05) is 23.2 Å². The van der Waals surface area contributed by atoms with Crippen molar-refractivity contribution < 1.29 is 13.9 Å². The van der Waals surface area contributed by atoms with Gasteiger partial charge >= 0.3 is 5.97 Å². The van der Waals surface area contributed by atoms with E-state index < -0.39 is 5.97 Å². The second-order valence-corrected chi connectivity index (χ2v) is 5.53. The molecule has 112 valence electrons. The highest BCUT2D eigenvalue weighted by Crippen LogP contribution is 2.39. The molecule has 4 rings (SSSR count). The summed E-state index contributed by atoms with van der Waals surface area (Å²) in [4.78, 5) is 16.2. The van der Waals surface area contributed by atoms with Gasteiger partial charge in [0.05, 0.1) is 18.6 Å². The second kappa shape index (κ2) is 5.02. The van der Waals surface area contributed by atoms with Gasteiger partial charge in [0.25, 0.3) is 0 Å². The SMILES string of the molecule is CCOC(=O)c1cc2cc(-n3cnc(C4CC4)c3)ccc2o1. The topological polar surface area (TPSA) is 57.3 Å². The van der Waals surface area contributed by atoms with Gasteiger partial charge in [-0.15, -0.1) is 0 Å². The van der Waals surface area contributed by atoms with Crippen LogP contribution in [0.3, 0.4) is 0 Å². The van der Waals surface area contributed by atoms with Crippen LogP contribution in [0.4, 0.5) is 0 Å². The smallest absolute Gasteiger partial charge is 0.374 e. The predicted octanol–water partition coefficient (Wildman–Crippen LogP) is 3.67. The third kappa shape index (κ3) is 2.28. The molecular formula is C17H16N2O3. The fraction of sp³-hybridized carbons (Fsp3) is 0.294. The van der Waals surface area contributed by atoms with Gasteiger partial charge in [-0.05, 0) is 44.0 Å². The van der Waals surface area contributed by atoms with Crippen LogP contribution >= 0.6 is 0 Å². The Bertz CT molecular complexity index is 843. The van der Waals surface area contributed by atoms with Crippen molar-refractivity contribution in [3.05, 3.63) is 48.2 Å². The van der Waals surface area contributed by atoms with E-state index in [9.17, 15) is 4.79 Å². The third-order valence-corrected chi connectivity index (χ3v) is 3.87. The van der Waals surface area contributed by atoms with Crippen molar-refractivity contribution in [1.29, 1.82) is 0 Å². The highest BCUT2D eigenvalue weighted by molar-refractivity contribution is 5.93. The van der Waals surface area contributed by atoms with Crippen molar-refractivity contribution in [3.63, 3.8) is 0 Å². The quantitative estimate of drug-likeness (QED) is 0.689. The van der Waals surface area contributed by atoms with Crippen LogP contribution < -0.4 is 0 Å². The van der Waals surface area contributed by atoms with E-state index in [0.29, 0.717) is 18.1 Å². The van der Waals surface area contributed by atoms with Crippen molar-refractivity contribution >= 4 is 16.9 Å². The van der Waals surface area contributed by atoms with Crippen molar-refractivity contribution in [2.75, 3.05) is 6.61 Å². The summed E-state index contributed by atoms with van der Waals surface area (Å²) in [7, 11) is 0. The van der Waals surface area contributed by atoms with E-state index in [2.05, 4.69) is 11.2 Å². The van der Waals surface area contributed by atoms with Crippen LogP contribution in [0, 0.1) is 0 Å². The lowest BCUT2D eigenvalue weighted by molar-refractivity contribution is 0.0492. The number of carbonyl (C=O) groups is 1. The number of fused-ring (bicyclic) bond motifs is 1. The Morgan fingerprint density at radius 2 is 2.27 bits per heavy atom. The van der Waals surface area contributed by atoms with Crippen molar-refractivity contribution in [2.24, 2.45) is 0 Å². The summed E-state index contributed by atoms with van der Waals surface area (Å²) in [6.07, 6.45) is 6.38. The summed E-state index contributed by atoms with van der Waals surface area (Å²) in [5, 5.41) is 0.877. The van der Waals surface area contributed by atoms with Crippen LogP contribution in [0.2, 0.25) is 0 Å². The van der Waals surface area contributed by atoms with Gasteiger partial charge < -0.3 is 13.7 Å². The summed E-state index contributed by atoms with van der Waals surface area (Å²) in [5.41, 5.74) is 2.83. The van der Waals surface area contributed by atoms with Crippen LogP contribution in [0.15, 0.2) is 41.2 Å². The van der Waals surface area contributed by atoms with E-state index in [0.717, 1.165) is 16.8 Å². The van der Waals surface area contributed by atoms with Gasteiger partial charge in [-0.2, -0.15) is 0 Å². The molecule has 0 bridgehead atoms. The Kier molecular flexibility index (Phi) is 2.99. The highest BCUT2D eigenvalue weighted by Gasteiger charge is 2.25. The second-order valence-electron chi connectivity index (χ2n) is 5.53. The highest BCUT2D eigenvalue weighted by atomic mass is 16.5. The molecule has 0 radical (unpaired) electrons. The van der Waals surface area contributed by atoms with Crippen LogP contribution in [-0.2, 0) is 4.74 Å². The Morgan fingerprint density at radius 1 is 1.41 bits per heavy atom. The first-order valence-corrected chi connectivity index (χ1v) is 7.49. The Balaban J connectivity index is 1.68. The molecule has 0 N–H and O–H groups in total. The summed E-state index contributed by atoms with van der Waals surface area (Å²) < 4.78 is 12.5. The van der Waals surface area contributed by atoms with E-state index in [-0.39, 0.29) is 5.76 Å². The molecular weight excluding hydrogens is 280 g/mol. The number of furan rings is 1. The van der Waals surface area contributed by atoms with E-state index in [1.807, 2.05) is 29.1 Å². The van der Waals surface area contributed by atoms with Crippen LogP contribution in [0.5, 0.6) is 0 Å². The molecule has 5 heteroatoms. The molecule has 1 fully saturated rings. The molecule has 0 aliphatic heterocycles. The van der Waals surface area contributed by atoms with E-state index in [4.69, 9.17) is 9.15 Å². The maximum absolute atomic E-state index is 11.7.